The van der Waals surface area contributed by atoms with Crippen molar-refractivity contribution in [2.75, 3.05) is 19.1 Å². The van der Waals surface area contributed by atoms with Gasteiger partial charge in [0.2, 0.25) is 5.89 Å². The molecule has 0 amide bonds. The summed E-state index contributed by atoms with van der Waals surface area (Å²) < 4.78 is 5.23. The average molecular weight is 272 g/mol. The van der Waals surface area contributed by atoms with Gasteiger partial charge in [-0.2, -0.15) is 16.7 Å². The van der Waals surface area contributed by atoms with Crippen LogP contribution in [0.25, 0.3) is 0 Å². The zero-order chi connectivity index (χ0) is 13.8. The molecular weight excluding hydrogens is 248 g/mol. The highest BCUT2D eigenvalue weighted by Gasteiger charge is 2.22. The molecule has 1 atom stereocenters. The van der Waals surface area contributed by atoms with Gasteiger partial charge in [-0.1, -0.05) is 5.16 Å². The van der Waals surface area contributed by atoms with E-state index in [-0.39, 0.29) is 0 Å². The van der Waals surface area contributed by atoms with E-state index in [2.05, 4.69) is 35.3 Å². The van der Waals surface area contributed by atoms with Crippen molar-refractivity contribution in [1.82, 2.24) is 15.0 Å². The maximum Gasteiger partial charge on any atom is 0.240 e. The van der Waals surface area contributed by atoms with Crippen LogP contribution in [-0.4, -0.2) is 40.1 Å². The van der Waals surface area contributed by atoms with Crippen LogP contribution in [-0.2, 0) is 12.1 Å². The van der Waals surface area contributed by atoms with Gasteiger partial charge in [-0.25, -0.2) is 0 Å². The van der Waals surface area contributed by atoms with Crippen LogP contribution >= 0.6 is 11.8 Å². The summed E-state index contributed by atoms with van der Waals surface area (Å²) in [5, 5.41) is 3.92. The minimum absolute atomic E-state index is 0.499. The second-order valence-corrected chi connectivity index (χ2v) is 6.26. The maximum atomic E-state index is 5.93. The fourth-order valence-corrected chi connectivity index (χ4v) is 2.04. The molecule has 1 aromatic heterocycles. The third kappa shape index (κ3) is 4.59. The van der Waals surface area contributed by atoms with E-state index in [1.165, 1.54) is 0 Å². The van der Waals surface area contributed by atoms with Gasteiger partial charge in [-0.3, -0.25) is 4.90 Å². The SMILES string of the molecule is CSCCC(C)N(C)Cc1nc(C(C)(C)N)no1. The maximum absolute atomic E-state index is 5.93. The Hall–Kier alpha value is -0.590. The third-order valence-corrected chi connectivity index (χ3v) is 3.57. The third-order valence-electron chi connectivity index (χ3n) is 2.92. The molecule has 0 bridgehead atoms. The van der Waals surface area contributed by atoms with Gasteiger partial charge < -0.3 is 10.3 Å². The summed E-state index contributed by atoms with van der Waals surface area (Å²) in [5.41, 5.74) is 5.37. The molecule has 18 heavy (non-hydrogen) atoms. The van der Waals surface area contributed by atoms with Crippen molar-refractivity contribution in [2.24, 2.45) is 5.73 Å². The van der Waals surface area contributed by atoms with Gasteiger partial charge >= 0.3 is 0 Å². The number of rotatable bonds is 7. The van der Waals surface area contributed by atoms with E-state index in [1.54, 1.807) is 0 Å². The highest BCUT2D eigenvalue weighted by Crippen LogP contribution is 2.14. The summed E-state index contributed by atoms with van der Waals surface area (Å²) in [6.07, 6.45) is 3.28. The first-order valence-corrected chi connectivity index (χ1v) is 7.55. The Morgan fingerprint density at radius 3 is 2.67 bits per heavy atom. The smallest absolute Gasteiger partial charge is 0.240 e. The topological polar surface area (TPSA) is 68.2 Å². The lowest BCUT2D eigenvalue weighted by atomic mass is 10.1. The van der Waals surface area contributed by atoms with Gasteiger partial charge in [-0.15, -0.1) is 0 Å². The monoisotopic (exact) mass is 272 g/mol. The molecule has 0 radical (unpaired) electrons. The Bertz CT molecular complexity index is 361. The zero-order valence-electron chi connectivity index (χ0n) is 11.9. The van der Waals surface area contributed by atoms with Gasteiger partial charge in [0, 0.05) is 6.04 Å². The summed E-state index contributed by atoms with van der Waals surface area (Å²) in [6, 6.07) is 0.499. The predicted molar refractivity (Wildman–Crippen MR) is 75.4 cm³/mol. The normalized spacial score (nSPS) is 14.2. The van der Waals surface area contributed by atoms with Crippen LogP contribution in [0.2, 0.25) is 0 Å². The fourth-order valence-electron chi connectivity index (χ4n) is 1.46. The van der Waals surface area contributed by atoms with E-state index in [0.29, 0.717) is 24.3 Å². The number of aromatic nitrogens is 2. The molecule has 2 N–H and O–H groups in total. The minimum Gasteiger partial charge on any atom is -0.338 e. The molecule has 0 saturated heterocycles. The van der Waals surface area contributed by atoms with Crippen molar-refractivity contribution in [3.8, 4) is 0 Å². The fraction of sp³-hybridized carbons (Fsp3) is 0.833. The lowest BCUT2D eigenvalue weighted by Crippen LogP contribution is -2.31. The molecule has 0 fully saturated rings. The van der Waals surface area contributed by atoms with Crippen molar-refractivity contribution in [2.45, 2.75) is 45.3 Å². The predicted octanol–water partition coefficient (Wildman–Crippen LogP) is 1.84. The molecule has 0 aromatic carbocycles. The van der Waals surface area contributed by atoms with Crippen molar-refractivity contribution >= 4 is 11.8 Å². The Balaban J connectivity index is 2.54. The van der Waals surface area contributed by atoms with E-state index >= 15 is 0 Å². The van der Waals surface area contributed by atoms with Crippen LogP contribution in [0.3, 0.4) is 0 Å². The Kier molecular flexibility index (Phi) is 5.62. The lowest BCUT2D eigenvalue weighted by Gasteiger charge is -2.22. The molecule has 1 unspecified atom stereocenters. The minimum atomic E-state index is -0.551. The van der Waals surface area contributed by atoms with Gasteiger partial charge in [-0.05, 0) is 46.2 Å². The molecule has 6 heteroatoms. The number of hydrogen-bond donors (Lipinski definition) is 1. The second kappa shape index (κ2) is 6.54. The van der Waals surface area contributed by atoms with E-state index in [4.69, 9.17) is 10.3 Å². The molecule has 0 aliphatic heterocycles. The Morgan fingerprint density at radius 2 is 2.17 bits per heavy atom. The largest absolute Gasteiger partial charge is 0.338 e. The molecule has 1 aromatic rings. The quantitative estimate of drug-likeness (QED) is 0.817. The highest BCUT2D eigenvalue weighted by atomic mass is 32.2. The van der Waals surface area contributed by atoms with Crippen LogP contribution in [0.1, 0.15) is 38.9 Å². The van der Waals surface area contributed by atoms with E-state index in [1.807, 2.05) is 25.6 Å². The summed E-state index contributed by atoms with van der Waals surface area (Å²) in [4.78, 5) is 6.55. The molecule has 0 aliphatic rings. The van der Waals surface area contributed by atoms with Crippen molar-refractivity contribution in [1.29, 1.82) is 0 Å². The summed E-state index contributed by atoms with van der Waals surface area (Å²) in [6.45, 7) is 6.61. The molecule has 0 aliphatic carbocycles. The average Bonchev–Trinajstić information content (AvgIpc) is 2.73. The van der Waals surface area contributed by atoms with Gasteiger partial charge in [0.1, 0.15) is 0 Å². The zero-order valence-corrected chi connectivity index (χ0v) is 12.8. The van der Waals surface area contributed by atoms with Crippen molar-refractivity contribution < 1.29 is 4.52 Å². The molecule has 1 heterocycles. The first-order valence-electron chi connectivity index (χ1n) is 6.15. The van der Waals surface area contributed by atoms with Crippen LogP contribution in [0.15, 0.2) is 4.52 Å². The van der Waals surface area contributed by atoms with Crippen LogP contribution in [0, 0.1) is 0 Å². The van der Waals surface area contributed by atoms with Crippen LogP contribution < -0.4 is 5.73 Å². The van der Waals surface area contributed by atoms with Crippen LogP contribution in [0.4, 0.5) is 0 Å². The van der Waals surface area contributed by atoms with Gasteiger partial charge in [0.05, 0.1) is 12.1 Å². The van der Waals surface area contributed by atoms with Gasteiger partial charge in [0.15, 0.2) is 5.82 Å². The number of hydrogen-bond acceptors (Lipinski definition) is 6. The molecule has 1 rings (SSSR count). The molecule has 5 nitrogen and oxygen atoms in total. The summed E-state index contributed by atoms with van der Waals surface area (Å²) in [7, 11) is 2.07. The molecular formula is C12H24N4OS. The van der Waals surface area contributed by atoms with Crippen LogP contribution in [0.5, 0.6) is 0 Å². The molecule has 104 valence electrons. The first kappa shape index (κ1) is 15.5. The summed E-state index contributed by atoms with van der Waals surface area (Å²) >= 11 is 1.87. The molecule has 0 saturated carbocycles. The van der Waals surface area contributed by atoms with E-state index in [0.717, 1.165) is 12.2 Å². The van der Waals surface area contributed by atoms with E-state index in [9.17, 15) is 0 Å². The standard InChI is InChI=1S/C12H24N4OS/c1-9(6-7-18-5)16(4)8-10-14-11(15-17-10)12(2,3)13/h9H,6-8,13H2,1-5H3. The second-order valence-electron chi connectivity index (χ2n) is 5.28. The Morgan fingerprint density at radius 1 is 1.50 bits per heavy atom. The molecule has 0 spiro atoms. The number of thioether (sulfide) groups is 1. The van der Waals surface area contributed by atoms with Crippen molar-refractivity contribution in [3.05, 3.63) is 11.7 Å². The van der Waals surface area contributed by atoms with Gasteiger partial charge in [0.25, 0.3) is 0 Å². The summed E-state index contributed by atoms with van der Waals surface area (Å²) in [5.74, 6) is 2.35. The lowest BCUT2D eigenvalue weighted by molar-refractivity contribution is 0.211. The highest BCUT2D eigenvalue weighted by molar-refractivity contribution is 7.98. The van der Waals surface area contributed by atoms with Crippen molar-refractivity contribution in [3.63, 3.8) is 0 Å². The number of nitrogens with two attached hydrogens (primary N) is 1. The first-order chi connectivity index (χ1) is 8.34. The Labute approximate surface area is 113 Å². The van der Waals surface area contributed by atoms with E-state index < -0.39 is 5.54 Å². The number of nitrogens with zero attached hydrogens (tertiary/aromatic N) is 3.